The summed E-state index contributed by atoms with van der Waals surface area (Å²) in [5.41, 5.74) is 6.50. The number of aromatic nitrogens is 3. The molecule has 4 nitrogen and oxygen atoms in total. The minimum atomic E-state index is 0.545. The fourth-order valence-electron chi connectivity index (χ4n) is 1.04. The van der Waals surface area contributed by atoms with Gasteiger partial charge in [-0.25, -0.2) is 4.68 Å². The first kappa shape index (κ1) is 5.85. The summed E-state index contributed by atoms with van der Waals surface area (Å²) >= 11 is 0. The highest BCUT2D eigenvalue weighted by atomic mass is 15.4. The van der Waals surface area contributed by atoms with Gasteiger partial charge in [0.25, 0.3) is 0 Å². The fourth-order valence-corrected chi connectivity index (χ4v) is 1.04. The largest absolute Gasteiger partial charge is 0.325 e. The minimum absolute atomic E-state index is 0.545. The zero-order valence-corrected chi connectivity index (χ0v) is 5.70. The van der Waals surface area contributed by atoms with E-state index in [0.29, 0.717) is 12.6 Å². The third-order valence-electron chi connectivity index (χ3n) is 1.75. The van der Waals surface area contributed by atoms with Gasteiger partial charge in [-0.2, -0.15) is 0 Å². The van der Waals surface area contributed by atoms with Crippen molar-refractivity contribution in [2.75, 3.05) is 0 Å². The number of nitrogens with two attached hydrogens (primary N) is 1. The highest BCUT2D eigenvalue weighted by molar-refractivity contribution is 4.97. The van der Waals surface area contributed by atoms with Crippen molar-refractivity contribution >= 4 is 0 Å². The molecule has 1 aromatic rings. The molecule has 0 spiro atoms. The summed E-state index contributed by atoms with van der Waals surface area (Å²) in [6, 6.07) is 0.598. The maximum atomic E-state index is 5.46. The topological polar surface area (TPSA) is 56.7 Å². The van der Waals surface area contributed by atoms with Crippen LogP contribution in [-0.2, 0) is 6.54 Å². The molecule has 10 heavy (non-hydrogen) atoms. The average molecular weight is 138 g/mol. The van der Waals surface area contributed by atoms with Gasteiger partial charge >= 0.3 is 0 Å². The van der Waals surface area contributed by atoms with Crippen LogP contribution in [0.2, 0.25) is 0 Å². The maximum Gasteiger partial charge on any atom is 0.0738 e. The van der Waals surface area contributed by atoms with Gasteiger partial charge in [-0.3, -0.25) is 0 Å². The zero-order chi connectivity index (χ0) is 6.97. The summed E-state index contributed by atoms with van der Waals surface area (Å²) in [7, 11) is 0. The van der Waals surface area contributed by atoms with Crippen LogP contribution in [0.1, 0.15) is 24.6 Å². The molecule has 1 aliphatic rings. The van der Waals surface area contributed by atoms with Crippen molar-refractivity contribution < 1.29 is 0 Å². The number of nitrogens with zero attached hydrogens (tertiary/aromatic N) is 3. The van der Waals surface area contributed by atoms with Crippen molar-refractivity contribution in [3.8, 4) is 0 Å². The summed E-state index contributed by atoms with van der Waals surface area (Å²) in [5, 5.41) is 7.72. The smallest absolute Gasteiger partial charge is 0.0738 e. The first-order valence-electron chi connectivity index (χ1n) is 3.51. The van der Waals surface area contributed by atoms with E-state index in [4.69, 9.17) is 5.73 Å². The molecule has 54 valence electrons. The van der Waals surface area contributed by atoms with Crippen LogP contribution in [0.25, 0.3) is 0 Å². The molecule has 1 heterocycles. The van der Waals surface area contributed by atoms with Crippen LogP contribution in [0.4, 0.5) is 0 Å². The van der Waals surface area contributed by atoms with Gasteiger partial charge < -0.3 is 5.73 Å². The molecule has 0 unspecified atom stereocenters. The van der Waals surface area contributed by atoms with E-state index in [1.54, 1.807) is 6.20 Å². The van der Waals surface area contributed by atoms with Gasteiger partial charge in [0.15, 0.2) is 0 Å². The molecule has 1 aliphatic carbocycles. The Morgan fingerprint density at radius 1 is 1.70 bits per heavy atom. The Hall–Kier alpha value is -0.900. The van der Waals surface area contributed by atoms with Crippen LogP contribution in [-0.4, -0.2) is 15.0 Å². The lowest BCUT2D eigenvalue weighted by atomic mass is 10.4. The van der Waals surface area contributed by atoms with Gasteiger partial charge in [0, 0.05) is 6.54 Å². The van der Waals surface area contributed by atoms with Crippen molar-refractivity contribution in [2.24, 2.45) is 5.73 Å². The molecule has 0 aliphatic heterocycles. The van der Waals surface area contributed by atoms with E-state index in [-0.39, 0.29) is 0 Å². The Morgan fingerprint density at radius 3 is 3.10 bits per heavy atom. The Morgan fingerprint density at radius 2 is 2.50 bits per heavy atom. The van der Waals surface area contributed by atoms with Crippen LogP contribution in [0, 0.1) is 0 Å². The number of hydrogen-bond donors (Lipinski definition) is 1. The Balaban J connectivity index is 2.28. The van der Waals surface area contributed by atoms with Crippen LogP contribution in [0.5, 0.6) is 0 Å². The molecule has 0 atom stereocenters. The normalized spacial score (nSPS) is 17.7. The second-order valence-corrected chi connectivity index (χ2v) is 2.61. The molecular formula is C6H10N4. The van der Waals surface area contributed by atoms with E-state index >= 15 is 0 Å². The Bertz CT molecular complexity index is 225. The molecule has 0 bridgehead atoms. The van der Waals surface area contributed by atoms with Gasteiger partial charge in [0.2, 0.25) is 0 Å². The molecule has 2 N–H and O–H groups in total. The van der Waals surface area contributed by atoms with Gasteiger partial charge in [-0.15, -0.1) is 5.10 Å². The SMILES string of the molecule is NCc1cnnn1C1CC1. The number of hydrogen-bond acceptors (Lipinski definition) is 3. The van der Waals surface area contributed by atoms with Gasteiger partial charge in [0.1, 0.15) is 0 Å². The van der Waals surface area contributed by atoms with Crippen molar-refractivity contribution in [1.82, 2.24) is 15.0 Å². The van der Waals surface area contributed by atoms with Crippen molar-refractivity contribution in [1.29, 1.82) is 0 Å². The third kappa shape index (κ3) is 0.806. The molecule has 1 saturated carbocycles. The molecule has 4 heteroatoms. The highest BCUT2D eigenvalue weighted by Crippen LogP contribution is 2.34. The quantitative estimate of drug-likeness (QED) is 0.629. The van der Waals surface area contributed by atoms with Gasteiger partial charge in [-0.05, 0) is 12.8 Å². The maximum absolute atomic E-state index is 5.46. The van der Waals surface area contributed by atoms with E-state index < -0.39 is 0 Å². The standard InChI is InChI=1S/C6H10N4/c7-3-6-4-8-9-10(6)5-1-2-5/h4-5H,1-3,7H2. The second kappa shape index (κ2) is 2.05. The number of rotatable bonds is 2. The lowest BCUT2D eigenvalue weighted by Crippen LogP contribution is -2.06. The predicted octanol–water partition coefficient (Wildman–Crippen LogP) is 0.0717. The van der Waals surface area contributed by atoms with Crippen molar-refractivity contribution in [2.45, 2.75) is 25.4 Å². The summed E-state index contributed by atoms with van der Waals surface area (Å²) in [6.07, 6.45) is 4.20. The molecule has 2 rings (SSSR count). The van der Waals surface area contributed by atoms with E-state index in [1.165, 1.54) is 12.8 Å². The summed E-state index contributed by atoms with van der Waals surface area (Å²) in [5.74, 6) is 0. The van der Waals surface area contributed by atoms with E-state index in [1.807, 2.05) is 4.68 Å². The van der Waals surface area contributed by atoms with Crippen LogP contribution in [0.15, 0.2) is 6.20 Å². The molecule has 0 saturated heterocycles. The van der Waals surface area contributed by atoms with Gasteiger partial charge in [0.05, 0.1) is 17.9 Å². The Kier molecular flexibility index (Phi) is 1.20. The molecule has 0 radical (unpaired) electrons. The highest BCUT2D eigenvalue weighted by Gasteiger charge is 2.26. The monoisotopic (exact) mass is 138 g/mol. The predicted molar refractivity (Wildman–Crippen MR) is 36.2 cm³/mol. The molecule has 1 aromatic heterocycles. The lowest BCUT2D eigenvalue weighted by Gasteiger charge is -1.98. The first-order chi connectivity index (χ1) is 4.92. The molecule has 0 amide bonds. The second-order valence-electron chi connectivity index (χ2n) is 2.61. The molecular weight excluding hydrogens is 128 g/mol. The van der Waals surface area contributed by atoms with Gasteiger partial charge in [-0.1, -0.05) is 5.21 Å². The van der Waals surface area contributed by atoms with E-state index in [9.17, 15) is 0 Å². The summed E-state index contributed by atoms with van der Waals surface area (Å²) < 4.78 is 1.93. The minimum Gasteiger partial charge on any atom is -0.325 e. The lowest BCUT2D eigenvalue weighted by molar-refractivity contribution is 0.583. The first-order valence-corrected chi connectivity index (χ1v) is 3.51. The molecule has 0 aromatic carbocycles. The van der Waals surface area contributed by atoms with Crippen LogP contribution >= 0.6 is 0 Å². The van der Waals surface area contributed by atoms with Crippen LogP contribution < -0.4 is 5.73 Å². The van der Waals surface area contributed by atoms with E-state index in [0.717, 1.165) is 5.69 Å². The average Bonchev–Trinajstić information content (AvgIpc) is 2.69. The zero-order valence-electron chi connectivity index (χ0n) is 5.70. The van der Waals surface area contributed by atoms with Crippen molar-refractivity contribution in [3.05, 3.63) is 11.9 Å². The van der Waals surface area contributed by atoms with Crippen molar-refractivity contribution in [3.63, 3.8) is 0 Å². The van der Waals surface area contributed by atoms with E-state index in [2.05, 4.69) is 10.3 Å². The van der Waals surface area contributed by atoms with Crippen LogP contribution in [0.3, 0.4) is 0 Å². The molecule has 1 fully saturated rings. The summed E-state index contributed by atoms with van der Waals surface area (Å²) in [6.45, 7) is 0.545. The Labute approximate surface area is 59.0 Å². The fraction of sp³-hybridized carbons (Fsp3) is 0.667. The summed E-state index contributed by atoms with van der Waals surface area (Å²) in [4.78, 5) is 0. The third-order valence-corrected chi connectivity index (χ3v) is 1.75.